The van der Waals surface area contributed by atoms with Gasteiger partial charge in [0, 0.05) is 19.0 Å². The Morgan fingerprint density at radius 2 is 1.74 bits per heavy atom. The van der Waals surface area contributed by atoms with Crippen LogP contribution in [0.15, 0.2) is 16.8 Å². The smallest absolute Gasteiger partial charge is 0.326 e. The highest BCUT2D eigenvalue weighted by Gasteiger charge is 2.62. The number of nitrogens with one attached hydrogen (secondary N) is 2. The molecule has 50 heavy (non-hydrogen) atoms. The van der Waals surface area contributed by atoms with E-state index in [0.29, 0.717) is 73.4 Å². The third-order valence-corrected chi connectivity index (χ3v) is 14.0. The zero-order valence-corrected chi connectivity index (χ0v) is 29.7. The number of carboxylic acid groups (broad SMARTS) is 1. The van der Waals surface area contributed by atoms with E-state index in [1.807, 2.05) is 0 Å². The summed E-state index contributed by atoms with van der Waals surface area (Å²) >= 11 is 0. The molecule has 1 heterocycles. The Hall–Kier alpha value is -3.32. The van der Waals surface area contributed by atoms with Crippen LogP contribution >= 0.6 is 0 Å². The van der Waals surface area contributed by atoms with Gasteiger partial charge in [-0.05, 0) is 133 Å². The first-order chi connectivity index (χ1) is 23.8. The molecule has 4 aliphatic rings. The number of aliphatic carboxylic acids is 1. The molecule has 1 unspecified atom stereocenters. The number of anilines is 1. The summed E-state index contributed by atoms with van der Waals surface area (Å²) in [4.78, 5) is 35.7. The molecule has 4 aliphatic carbocycles. The molecule has 1 aromatic heterocycles. The first kappa shape index (κ1) is 36.5. The molecular weight excluding hydrogens is 642 g/mol. The number of nitrogens with zero attached hydrogens (tertiary/aromatic N) is 3. The van der Waals surface area contributed by atoms with E-state index in [0.717, 1.165) is 64.2 Å². The quantitative estimate of drug-likeness (QED) is 0.0870. The molecule has 0 bridgehead atoms. The SMILES string of the molecule is C[C@H](CCC(=O)NC(CCCCCNc1ccc([N+](=O)[O-])c2nonc12)C(=O)O)[C@H]1CC[C@H]2[C@@H]3[C@H](O)C[C@@H]4C[C@H](O)CC[C@]4(C)[C@H]3CC[C@]12C. The maximum absolute atomic E-state index is 13.0. The molecule has 1 amide bonds. The number of benzene rings is 1. The number of rotatable bonds is 14. The van der Waals surface area contributed by atoms with Gasteiger partial charge in [-0.3, -0.25) is 14.9 Å². The third-order valence-electron chi connectivity index (χ3n) is 14.0. The zero-order chi connectivity index (χ0) is 35.8. The predicted molar refractivity (Wildman–Crippen MR) is 186 cm³/mol. The van der Waals surface area contributed by atoms with Gasteiger partial charge in [0.2, 0.25) is 11.4 Å². The van der Waals surface area contributed by atoms with Crippen molar-refractivity contribution in [2.24, 2.45) is 46.3 Å². The Bertz CT molecular complexity index is 1550. The van der Waals surface area contributed by atoms with Crippen molar-refractivity contribution in [3.05, 3.63) is 22.2 Å². The number of unbranched alkanes of at least 4 members (excludes halogenated alkanes) is 2. The predicted octanol–water partition coefficient (Wildman–Crippen LogP) is 6.08. The van der Waals surface area contributed by atoms with Gasteiger partial charge in [0.05, 0.1) is 22.8 Å². The number of nitro benzene ring substituents is 1. The Kier molecular flexibility index (Phi) is 10.7. The van der Waals surface area contributed by atoms with Crippen LogP contribution in [0.1, 0.15) is 111 Å². The minimum absolute atomic E-state index is 0.0805. The fourth-order valence-electron chi connectivity index (χ4n) is 11.3. The third kappa shape index (κ3) is 6.96. The van der Waals surface area contributed by atoms with Gasteiger partial charge in [-0.25, -0.2) is 9.42 Å². The topological polar surface area (TPSA) is 201 Å². The molecule has 0 saturated heterocycles. The van der Waals surface area contributed by atoms with Crippen LogP contribution in [-0.4, -0.2) is 67.2 Å². The minimum Gasteiger partial charge on any atom is -0.480 e. The summed E-state index contributed by atoms with van der Waals surface area (Å²) in [6.45, 7) is 7.66. The summed E-state index contributed by atoms with van der Waals surface area (Å²) in [5, 5.41) is 56.3. The van der Waals surface area contributed by atoms with Crippen LogP contribution in [0.2, 0.25) is 0 Å². The van der Waals surface area contributed by atoms with Gasteiger partial charge in [0.25, 0.3) is 0 Å². The lowest BCUT2D eigenvalue weighted by Crippen LogP contribution is -2.58. The van der Waals surface area contributed by atoms with Gasteiger partial charge < -0.3 is 26.0 Å². The molecule has 2 aromatic rings. The summed E-state index contributed by atoms with van der Waals surface area (Å²) < 4.78 is 4.70. The lowest BCUT2D eigenvalue weighted by Gasteiger charge is -2.62. The van der Waals surface area contributed by atoms with Crippen LogP contribution in [0.5, 0.6) is 0 Å². The normalized spacial score (nSPS) is 34.6. The summed E-state index contributed by atoms with van der Waals surface area (Å²) in [5.74, 6) is 1.22. The Morgan fingerprint density at radius 3 is 2.50 bits per heavy atom. The second-order valence-electron chi connectivity index (χ2n) is 16.6. The molecule has 4 saturated carbocycles. The van der Waals surface area contributed by atoms with E-state index in [1.54, 1.807) is 6.07 Å². The molecule has 276 valence electrons. The molecule has 6 rings (SSSR count). The van der Waals surface area contributed by atoms with Crippen LogP contribution in [0.25, 0.3) is 11.0 Å². The van der Waals surface area contributed by atoms with E-state index in [9.17, 15) is 35.0 Å². The van der Waals surface area contributed by atoms with E-state index < -0.39 is 16.9 Å². The second kappa shape index (κ2) is 14.7. The van der Waals surface area contributed by atoms with Crippen molar-refractivity contribution in [3.8, 4) is 0 Å². The number of carboxylic acids is 1. The van der Waals surface area contributed by atoms with Crippen molar-refractivity contribution >= 4 is 34.3 Å². The fraction of sp³-hybridized carbons (Fsp3) is 0.784. The van der Waals surface area contributed by atoms with Gasteiger partial charge in [-0.15, -0.1) is 0 Å². The van der Waals surface area contributed by atoms with Gasteiger partial charge in [-0.2, -0.15) is 0 Å². The fourth-order valence-corrected chi connectivity index (χ4v) is 11.3. The second-order valence-corrected chi connectivity index (χ2v) is 16.6. The summed E-state index contributed by atoms with van der Waals surface area (Å²) in [6, 6.07) is 1.98. The number of nitro groups is 1. The molecule has 4 fully saturated rings. The zero-order valence-electron chi connectivity index (χ0n) is 29.7. The molecule has 0 aliphatic heterocycles. The van der Waals surface area contributed by atoms with Crippen LogP contribution in [-0.2, 0) is 9.59 Å². The van der Waals surface area contributed by atoms with E-state index >= 15 is 0 Å². The summed E-state index contributed by atoms with van der Waals surface area (Å²) in [7, 11) is 0. The minimum atomic E-state index is -1.03. The van der Waals surface area contributed by atoms with Crippen molar-refractivity contribution in [1.29, 1.82) is 0 Å². The number of aliphatic hydroxyl groups excluding tert-OH is 2. The number of carbonyl (C=O) groups excluding carboxylic acids is 1. The highest BCUT2D eigenvalue weighted by atomic mass is 16.6. The number of hydrogen-bond acceptors (Lipinski definition) is 10. The molecule has 0 spiro atoms. The van der Waals surface area contributed by atoms with Crippen molar-refractivity contribution in [3.63, 3.8) is 0 Å². The number of carbonyl (C=O) groups is 2. The number of non-ortho nitro benzene ring substituents is 1. The van der Waals surface area contributed by atoms with Gasteiger partial charge >= 0.3 is 11.7 Å². The monoisotopic (exact) mass is 697 g/mol. The lowest BCUT2D eigenvalue weighted by molar-refractivity contribution is -0.383. The molecule has 1 aromatic carbocycles. The van der Waals surface area contributed by atoms with E-state index in [2.05, 4.69) is 41.7 Å². The molecule has 11 atom stereocenters. The van der Waals surface area contributed by atoms with Crippen molar-refractivity contribution in [2.75, 3.05) is 11.9 Å². The van der Waals surface area contributed by atoms with E-state index in [-0.39, 0.29) is 45.7 Å². The number of aliphatic hydroxyl groups is 2. The van der Waals surface area contributed by atoms with Gasteiger partial charge in [0.1, 0.15) is 6.04 Å². The molecule has 0 radical (unpaired) electrons. The van der Waals surface area contributed by atoms with Crippen molar-refractivity contribution < 1.29 is 34.5 Å². The molecule has 13 heteroatoms. The van der Waals surface area contributed by atoms with Crippen molar-refractivity contribution in [2.45, 2.75) is 129 Å². The summed E-state index contributed by atoms with van der Waals surface area (Å²) in [5.41, 5.74) is 1.09. The van der Waals surface area contributed by atoms with Crippen LogP contribution in [0, 0.1) is 56.5 Å². The van der Waals surface area contributed by atoms with Crippen LogP contribution < -0.4 is 10.6 Å². The van der Waals surface area contributed by atoms with Crippen LogP contribution in [0.4, 0.5) is 11.4 Å². The Labute approximate surface area is 293 Å². The summed E-state index contributed by atoms with van der Waals surface area (Å²) in [6.07, 6.45) is 10.9. The number of amides is 1. The molecule has 13 nitrogen and oxygen atoms in total. The number of hydrogen-bond donors (Lipinski definition) is 5. The highest BCUT2D eigenvalue weighted by molar-refractivity contribution is 5.93. The Morgan fingerprint density at radius 1 is 1.00 bits per heavy atom. The average Bonchev–Trinajstić information content (AvgIpc) is 3.70. The maximum Gasteiger partial charge on any atom is 0.326 e. The molecule has 5 N–H and O–H groups in total. The van der Waals surface area contributed by atoms with E-state index in [4.69, 9.17) is 4.63 Å². The first-order valence-corrected chi connectivity index (χ1v) is 18.8. The maximum atomic E-state index is 13.0. The number of aromatic nitrogens is 2. The Balaban J connectivity index is 0.944. The number of fused-ring (bicyclic) bond motifs is 6. The largest absolute Gasteiger partial charge is 0.480 e. The highest BCUT2D eigenvalue weighted by Crippen LogP contribution is 2.68. The van der Waals surface area contributed by atoms with E-state index in [1.165, 1.54) is 6.07 Å². The van der Waals surface area contributed by atoms with Gasteiger partial charge in [0.15, 0.2) is 5.52 Å². The lowest BCUT2D eigenvalue weighted by atomic mass is 9.43. The van der Waals surface area contributed by atoms with Crippen molar-refractivity contribution in [1.82, 2.24) is 15.6 Å². The molecular formula is C37H55N5O8. The average molecular weight is 698 g/mol. The van der Waals surface area contributed by atoms with Gasteiger partial charge in [-0.1, -0.05) is 33.6 Å². The standard InChI is InChI=1S/C37H55N5O8/c1-21(24-9-10-25-32-26(15-17-37(24,25)3)36(2)16-14-23(43)19-22(36)20-30(32)44)8-13-31(45)39-28(35(46)47)7-5-4-6-18-38-27-11-12-29(42(48)49)34-33(27)40-50-41-34/h11-12,21-26,28,30,32,38,43-44H,4-10,13-20H2,1-3H3,(H,39,45)(H,46,47)/t21-,22+,23-,24-,25+,26+,28?,30-,32+,36+,37-/m1/s1. The first-order valence-electron chi connectivity index (χ1n) is 18.8. The van der Waals surface area contributed by atoms with Crippen LogP contribution in [0.3, 0.4) is 0 Å².